The highest BCUT2D eigenvalue weighted by Gasteiger charge is 2.14. The molecule has 2 aromatic carbocycles. The molecule has 0 saturated heterocycles. The van der Waals surface area contributed by atoms with Gasteiger partial charge in [-0.05, 0) is 54.6 Å². The summed E-state index contributed by atoms with van der Waals surface area (Å²) >= 11 is 19.4. The molecule has 31 heavy (non-hydrogen) atoms. The molecule has 0 aliphatic carbocycles. The number of aromatic nitrogens is 4. The third-order valence-corrected chi connectivity index (χ3v) is 5.60. The largest absolute Gasteiger partial charge is 0.338 e. The van der Waals surface area contributed by atoms with Crippen molar-refractivity contribution in [2.24, 2.45) is 0 Å². The fourth-order valence-corrected chi connectivity index (χ4v) is 3.91. The maximum atomic E-state index is 6.59. The van der Waals surface area contributed by atoms with Gasteiger partial charge >= 0.3 is 0 Å². The lowest BCUT2D eigenvalue weighted by Crippen LogP contribution is -2.01. The zero-order chi connectivity index (χ0) is 21.4. The first kappa shape index (κ1) is 19.8. The highest BCUT2D eigenvalue weighted by atomic mass is 35.5. The maximum Gasteiger partial charge on any atom is 0.163 e. The van der Waals surface area contributed by atoms with Gasteiger partial charge in [0.25, 0.3) is 0 Å². The van der Waals surface area contributed by atoms with Crippen LogP contribution in [0.5, 0.6) is 0 Å². The molecule has 0 atom stereocenters. The molecule has 3 heterocycles. The van der Waals surface area contributed by atoms with E-state index in [0.29, 0.717) is 32.4 Å². The monoisotopic (exact) mass is 465 g/mol. The van der Waals surface area contributed by atoms with Crippen LogP contribution in [0.3, 0.4) is 0 Å². The SMILES string of the molecule is Clc1ccc2nc(-c3cccnc3)nc(Nc3cc(Cl)c(-n4cccc4)cc3Cl)c2c1. The van der Waals surface area contributed by atoms with Gasteiger partial charge in [-0.15, -0.1) is 0 Å². The Hall–Kier alpha value is -3.12. The molecule has 0 spiro atoms. The molecular weight excluding hydrogens is 453 g/mol. The number of anilines is 2. The van der Waals surface area contributed by atoms with Gasteiger partial charge < -0.3 is 9.88 Å². The zero-order valence-corrected chi connectivity index (χ0v) is 18.2. The second kappa shape index (κ2) is 8.19. The maximum absolute atomic E-state index is 6.59. The molecule has 0 amide bonds. The van der Waals surface area contributed by atoms with Crippen LogP contribution in [0.15, 0.2) is 79.4 Å². The third kappa shape index (κ3) is 3.95. The lowest BCUT2D eigenvalue weighted by atomic mass is 10.2. The lowest BCUT2D eigenvalue weighted by molar-refractivity contribution is 1.08. The number of benzene rings is 2. The van der Waals surface area contributed by atoms with E-state index in [9.17, 15) is 0 Å². The minimum absolute atomic E-state index is 0.504. The van der Waals surface area contributed by atoms with Crippen molar-refractivity contribution in [1.82, 2.24) is 19.5 Å². The number of halogens is 3. The lowest BCUT2D eigenvalue weighted by Gasteiger charge is -2.14. The van der Waals surface area contributed by atoms with E-state index in [-0.39, 0.29) is 0 Å². The molecule has 1 N–H and O–H groups in total. The van der Waals surface area contributed by atoms with Crippen LogP contribution < -0.4 is 5.32 Å². The van der Waals surface area contributed by atoms with E-state index in [1.165, 1.54) is 0 Å². The minimum atomic E-state index is 0.504. The summed E-state index contributed by atoms with van der Waals surface area (Å²) in [4.78, 5) is 13.6. The molecule has 8 heteroatoms. The average Bonchev–Trinajstić information content (AvgIpc) is 3.31. The molecule has 152 valence electrons. The molecular formula is C23H14Cl3N5. The molecule has 0 aliphatic heterocycles. The number of nitrogens with zero attached hydrogens (tertiary/aromatic N) is 4. The fourth-order valence-electron chi connectivity index (χ4n) is 3.27. The normalized spacial score (nSPS) is 11.1. The summed E-state index contributed by atoms with van der Waals surface area (Å²) in [6.07, 6.45) is 7.24. The molecule has 0 radical (unpaired) electrons. The van der Waals surface area contributed by atoms with Gasteiger partial charge in [0.1, 0.15) is 5.82 Å². The van der Waals surface area contributed by atoms with E-state index < -0.39 is 0 Å². The molecule has 0 saturated carbocycles. The van der Waals surface area contributed by atoms with Gasteiger partial charge in [-0.1, -0.05) is 34.8 Å². The van der Waals surface area contributed by atoms with E-state index in [2.05, 4.69) is 15.3 Å². The molecule has 0 unspecified atom stereocenters. The van der Waals surface area contributed by atoms with E-state index in [1.54, 1.807) is 24.5 Å². The first-order valence-electron chi connectivity index (χ1n) is 9.35. The third-order valence-electron chi connectivity index (χ3n) is 4.75. The number of rotatable bonds is 4. The summed E-state index contributed by atoms with van der Waals surface area (Å²) in [5.74, 6) is 1.11. The smallest absolute Gasteiger partial charge is 0.163 e. The zero-order valence-electron chi connectivity index (χ0n) is 15.9. The quantitative estimate of drug-likeness (QED) is 0.304. The van der Waals surface area contributed by atoms with E-state index in [4.69, 9.17) is 39.8 Å². The van der Waals surface area contributed by atoms with Crippen molar-refractivity contribution in [3.63, 3.8) is 0 Å². The minimum Gasteiger partial charge on any atom is -0.338 e. The topological polar surface area (TPSA) is 55.6 Å². The Kier molecular flexibility index (Phi) is 5.24. The van der Waals surface area contributed by atoms with Crippen molar-refractivity contribution < 1.29 is 0 Å². The summed E-state index contributed by atoms with van der Waals surface area (Å²) in [6.45, 7) is 0. The standard InChI is InChI=1S/C23H14Cl3N5/c24-15-5-6-19-16(10-15)23(30-22(28-19)14-4-3-7-27-13-14)29-20-11-18(26)21(12-17(20)25)31-8-1-2-9-31/h1-13H,(H,28,29,30). The molecule has 0 aliphatic rings. The number of hydrogen-bond acceptors (Lipinski definition) is 4. The molecule has 0 bridgehead atoms. The summed E-state index contributed by atoms with van der Waals surface area (Å²) in [7, 11) is 0. The molecule has 5 rings (SSSR count). The predicted octanol–water partition coefficient (Wildman–Crippen LogP) is 7.19. The van der Waals surface area contributed by atoms with Crippen molar-refractivity contribution in [2.45, 2.75) is 0 Å². The van der Waals surface area contributed by atoms with Crippen LogP contribution in [-0.4, -0.2) is 19.5 Å². The van der Waals surface area contributed by atoms with Crippen LogP contribution >= 0.6 is 34.8 Å². The van der Waals surface area contributed by atoms with Crippen molar-refractivity contribution in [3.8, 4) is 17.1 Å². The van der Waals surface area contributed by atoms with Crippen LogP contribution in [0.4, 0.5) is 11.5 Å². The Bertz CT molecular complexity index is 1390. The summed E-state index contributed by atoms with van der Waals surface area (Å²) < 4.78 is 1.90. The number of hydrogen-bond donors (Lipinski definition) is 1. The summed E-state index contributed by atoms with van der Waals surface area (Å²) in [5.41, 5.74) is 2.95. The van der Waals surface area contributed by atoms with Crippen molar-refractivity contribution in [1.29, 1.82) is 0 Å². The van der Waals surface area contributed by atoms with Crippen LogP contribution in [0.2, 0.25) is 15.1 Å². The van der Waals surface area contributed by atoms with Gasteiger partial charge in [0.15, 0.2) is 5.82 Å². The highest BCUT2D eigenvalue weighted by molar-refractivity contribution is 6.36. The number of fused-ring (bicyclic) bond motifs is 1. The van der Waals surface area contributed by atoms with Crippen LogP contribution in [0.1, 0.15) is 0 Å². The van der Waals surface area contributed by atoms with Gasteiger partial charge in [-0.3, -0.25) is 4.98 Å². The Balaban J connectivity index is 1.63. The molecule has 5 aromatic rings. The predicted molar refractivity (Wildman–Crippen MR) is 127 cm³/mol. The molecule has 5 nitrogen and oxygen atoms in total. The van der Waals surface area contributed by atoms with Crippen molar-refractivity contribution in [2.75, 3.05) is 5.32 Å². The summed E-state index contributed by atoms with van der Waals surface area (Å²) in [5, 5.41) is 5.71. The van der Waals surface area contributed by atoms with Crippen molar-refractivity contribution >= 4 is 57.2 Å². The van der Waals surface area contributed by atoms with Crippen LogP contribution in [-0.2, 0) is 0 Å². The van der Waals surface area contributed by atoms with Gasteiger partial charge in [0.2, 0.25) is 0 Å². The first-order chi connectivity index (χ1) is 15.1. The van der Waals surface area contributed by atoms with Gasteiger partial charge in [0, 0.05) is 40.8 Å². The van der Waals surface area contributed by atoms with Gasteiger partial charge in [0.05, 0.1) is 26.9 Å². The van der Waals surface area contributed by atoms with E-state index >= 15 is 0 Å². The molecule has 0 fully saturated rings. The summed E-state index contributed by atoms with van der Waals surface area (Å²) in [6, 6.07) is 16.7. The number of nitrogens with one attached hydrogen (secondary N) is 1. The second-order valence-electron chi connectivity index (χ2n) is 6.80. The Morgan fingerprint density at radius 1 is 0.839 bits per heavy atom. The Morgan fingerprint density at radius 2 is 1.68 bits per heavy atom. The second-order valence-corrected chi connectivity index (χ2v) is 8.05. The first-order valence-corrected chi connectivity index (χ1v) is 10.5. The molecule has 3 aromatic heterocycles. The van der Waals surface area contributed by atoms with Gasteiger partial charge in [-0.2, -0.15) is 0 Å². The van der Waals surface area contributed by atoms with E-state index in [1.807, 2.05) is 59.4 Å². The fraction of sp³-hybridized carbons (Fsp3) is 0. The highest BCUT2D eigenvalue weighted by Crippen LogP contribution is 2.35. The van der Waals surface area contributed by atoms with E-state index in [0.717, 1.165) is 22.2 Å². The van der Waals surface area contributed by atoms with Crippen molar-refractivity contribution in [3.05, 3.63) is 94.5 Å². The Labute approximate surface area is 193 Å². The average molecular weight is 467 g/mol. The van der Waals surface area contributed by atoms with Gasteiger partial charge in [-0.25, -0.2) is 9.97 Å². The van der Waals surface area contributed by atoms with Crippen LogP contribution in [0.25, 0.3) is 28.0 Å². The Morgan fingerprint density at radius 3 is 2.45 bits per heavy atom. The van der Waals surface area contributed by atoms with Crippen LogP contribution in [0, 0.1) is 0 Å². The number of pyridine rings is 1.